The summed E-state index contributed by atoms with van der Waals surface area (Å²) in [4.78, 5) is 4.40. The Balaban J connectivity index is 1.86. The first-order valence-corrected chi connectivity index (χ1v) is 7.14. The van der Waals surface area contributed by atoms with E-state index in [1.165, 1.54) is 0 Å². The zero-order valence-electron chi connectivity index (χ0n) is 10.3. The van der Waals surface area contributed by atoms with Gasteiger partial charge in [0.1, 0.15) is 6.10 Å². The molecule has 2 heterocycles. The highest BCUT2D eigenvalue weighted by Gasteiger charge is 2.21. The molecule has 1 saturated heterocycles. The summed E-state index contributed by atoms with van der Waals surface area (Å²) in [5, 5.41) is 7.19. The highest BCUT2D eigenvalue weighted by atomic mass is 32.2. The third-order valence-electron chi connectivity index (χ3n) is 2.87. The van der Waals surface area contributed by atoms with Crippen LogP contribution in [-0.2, 0) is 11.2 Å². The zero-order valence-corrected chi connectivity index (χ0v) is 11.1. The van der Waals surface area contributed by atoms with Gasteiger partial charge in [-0.05, 0) is 20.4 Å². The first-order valence-electron chi connectivity index (χ1n) is 5.98. The molecule has 0 radical (unpaired) electrons. The molecule has 0 aliphatic carbocycles. The largest absolute Gasteiger partial charge is 0.368 e. The van der Waals surface area contributed by atoms with E-state index in [2.05, 4.69) is 22.4 Å². The van der Waals surface area contributed by atoms with Gasteiger partial charge in [-0.25, -0.2) is 0 Å². The van der Waals surface area contributed by atoms with Crippen LogP contribution in [0.5, 0.6) is 0 Å². The van der Waals surface area contributed by atoms with Crippen molar-refractivity contribution in [2.45, 2.75) is 31.9 Å². The lowest BCUT2D eigenvalue weighted by atomic mass is 10.2. The molecule has 0 saturated carbocycles. The Kier molecular flexibility index (Phi) is 4.82. The number of thioether (sulfide) groups is 1. The molecule has 0 amide bonds. The molecular formula is C11H19N3O2S. The molecular weight excluding hydrogens is 238 g/mol. The van der Waals surface area contributed by atoms with E-state index in [4.69, 9.17) is 9.26 Å². The summed E-state index contributed by atoms with van der Waals surface area (Å²) >= 11 is 1.87. The zero-order chi connectivity index (χ0) is 12.1. The summed E-state index contributed by atoms with van der Waals surface area (Å²) in [6.07, 6.45) is 1.82. The van der Waals surface area contributed by atoms with Crippen molar-refractivity contribution in [1.82, 2.24) is 15.5 Å². The maximum Gasteiger partial charge on any atom is 0.226 e. The van der Waals surface area contributed by atoms with Crippen molar-refractivity contribution in [1.29, 1.82) is 0 Å². The number of ether oxygens (including phenoxy) is 1. The molecule has 5 nitrogen and oxygen atoms in total. The number of rotatable bonds is 5. The number of hydrogen-bond acceptors (Lipinski definition) is 6. The van der Waals surface area contributed by atoms with Gasteiger partial charge in [0, 0.05) is 24.0 Å². The molecule has 17 heavy (non-hydrogen) atoms. The van der Waals surface area contributed by atoms with Gasteiger partial charge in [-0.2, -0.15) is 16.7 Å². The second kappa shape index (κ2) is 6.37. The van der Waals surface area contributed by atoms with E-state index in [0.29, 0.717) is 17.8 Å². The van der Waals surface area contributed by atoms with Gasteiger partial charge >= 0.3 is 0 Å². The molecule has 0 aromatic carbocycles. The maximum absolute atomic E-state index is 5.61. The van der Waals surface area contributed by atoms with E-state index in [1.54, 1.807) is 0 Å². The van der Waals surface area contributed by atoms with Gasteiger partial charge in [-0.3, -0.25) is 0 Å². The average Bonchev–Trinajstić information content (AvgIpc) is 2.86. The fourth-order valence-electron chi connectivity index (χ4n) is 1.62. The first-order chi connectivity index (χ1) is 8.29. The van der Waals surface area contributed by atoms with Gasteiger partial charge in [-0.15, -0.1) is 0 Å². The molecule has 96 valence electrons. The second-order valence-corrected chi connectivity index (χ2v) is 5.36. The minimum Gasteiger partial charge on any atom is -0.368 e. The normalized spacial score (nSPS) is 22.6. The van der Waals surface area contributed by atoms with Crippen molar-refractivity contribution in [3.8, 4) is 0 Å². The van der Waals surface area contributed by atoms with Crippen molar-refractivity contribution >= 4 is 11.8 Å². The Labute approximate surface area is 106 Å². The third-order valence-corrected chi connectivity index (χ3v) is 3.87. The van der Waals surface area contributed by atoms with Crippen LogP contribution in [0.2, 0.25) is 0 Å². The summed E-state index contributed by atoms with van der Waals surface area (Å²) in [7, 11) is 1.96. The number of nitrogens with one attached hydrogen (secondary N) is 1. The van der Waals surface area contributed by atoms with Gasteiger partial charge in [0.05, 0.1) is 6.61 Å². The van der Waals surface area contributed by atoms with Crippen LogP contribution in [-0.4, -0.2) is 41.3 Å². The molecule has 1 aromatic heterocycles. The molecule has 2 atom stereocenters. The van der Waals surface area contributed by atoms with Crippen LogP contribution in [0.15, 0.2) is 4.52 Å². The monoisotopic (exact) mass is 257 g/mol. The van der Waals surface area contributed by atoms with Crippen molar-refractivity contribution in [2.75, 3.05) is 25.2 Å². The number of aryl methyl sites for hydroxylation is 1. The minimum absolute atomic E-state index is 0.00738. The number of nitrogens with zero attached hydrogens (tertiary/aromatic N) is 2. The van der Waals surface area contributed by atoms with E-state index < -0.39 is 0 Å². The molecule has 0 spiro atoms. The van der Waals surface area contributed by atoms with Crippen molar-refractivity contribution < 1.29 is 9.26 Å². The van der Waals surface area contributed by atoms with Crippen molar-refractivity contribution in [3.63, 3.8) is 0 Å². The lowest BCUT2D eigenvalue weighted by molar-refractivity contribution is 0.0677. The molecule has 2 unspecified atom stereocenters. The summed E-state index contributed by atoms with van der Waals surface area (Å²) in [6, 6.07) is 0.465. The van der Waals surface area contributed by atoms with E-state index in [0.717, 1.165) is 31.0 Å². The van der Waals surface area contributed by atoms with Crippen LogP contribution in [0.3, 0.4) is 0 Å². The SMILES string of the molecule is CNC(C)CCc1nc(C2CSCCO2)no1. The Morgan fingerprint density at radius 1 is 1.59 bits per heavy atom. The van der Waals surface area contributed by atoms with E-state index in [9.17, 15) is 0 Å². The first kappa shape index (κ1) is 12.9. The van der Waals surface area contributed by atoms with Gasteiger partial charge in [0.2, 0.25) is 11.7 Å². The number of aromatic nitrogens is 2. The van der Waals surface area contributed by atoms with Gasteiger partial charge in [0.25, 0.3) is 0 Å². The lowest BCUT2D eigenvalue weighted by Gasteiger charge is -2.18. The van der Waals surface area contributed by atoms with Crippen LogP contribution in [0.1, 0.15) is 31.2 Å². The van der Waals surface area contributed by atoms with Crippen molar-refractivity contribution in [3.05, 3.63) is 11.7 Å². The molecule has 1 N–H and O–H groups in total. The summed E-state index contributed by atoms with van der Waals surface area (Å²) < 4.78 is 10.8. The lowest BCUT2D eigenvalue weighted by Crippen LogP contribution is -2.21. The van der Waals surface area contributed by atoms with E-state index in [-0.39, 0.29) is 6.10 Å². The van der Waals surface area contributed by atoms with E-state index >= 15 is 0 Å². The standard InChI is InChI=1S/C11H19N3O2S/c1-8(12-2)3-4-10-13-11(14-16-10)9-7-17-6-5-15-9/h8-9,12H,3-7H2,1-2H3. The van der Waals surface area contributed by atoms with E-state index in [1.807, 2.05) is 18.8 Å². The summed E-state index contributed by atoms with van der Waals surface area (Å²) in [5.74, 6) is 3.39. The fourth-order valence-corrected chi connectivity index (χ4v) is 2.46. The average molecular weight is 257 g/mol. The highest BCUT2D eigenvalue weighted by molar-refractivity contribution is 7.99. The molecule has 1 aromatic rings. The van der Waals surface area contributed by atoms with Crippen LogP contribution < -0.4 is 5.32 Å². The van der Waals surface area contributed by atoms with Crippen LogP contribution in [0, 0.1) is 0 Å². The molecule has 6 heteroatoms. The fraction of sp³-hybridized carbons (Fsp3) is 0.818. The maximum atomic E-state index is 5.61. The number of hydrogen-bond donors (Lipinski definition) is 1. The third kappa shape index (κ3) is 3.69. The molecule has 1 aliphatic rings. The minimum atomic E-state index is 0.00738. The Hall–Kier alpha value is -0.590. The van der Waals surface area contributed by atoms with Crippen molar-refractivity contribution in [2.24, 2.45) is 0 Å². The highest BCUT2D eigenvalue weighted by Crippen LogP contribution is 2.24. The second-order valence-electron chi connectivity index (χ2n) is 4.21. The smallest absolute Gasteiger partial charge is 0.226 e. The van der Waals surface area contributed by atoms with Gasteiger partial charge in [-0.1, -0.05) is 5.16 Å². The Morgan fingerprint density at radius 3 is 3.18 bits per heavy atom. The Morgan fingerprint density at radius 2 is 2.47 bits per heavy atom. The quantitative estimate of drug-likeness (QED) is 0.860. The predicted molar refractivity (Wildman–Crippen MR) is 67.2 cm³/mol. The molecule has 0 bridgehead atoms. The molecule has 1 fully saturated rings. The Bertz CT molecular complexity index is 339. The molecule has 2 rings (SSSR count). The van der Waals surface area contributed by atoms with Crippen LogP contribution >= 0.6 is 11.8 Å². The predicted octanol–water partition coefficient (Wildman–Crippen LogP) is 1.41. The molecule has 1 aliphatic heterocycles. The summed E-state index contributed by atoms with van der Waals surface area (Å²) in [6.45, 7) is 2.91. The van der Waals surface area contributed by atoms with Crippen LogP contribution in [0.25, 0.3) is 0 Å². The van der Waals surface area contributed by atoms with Gasteiger partial charge in [0.15, 0.2) is 0 Å². The van der Waals surface area contributed by atoms with Crippen LogP contribution in [0.4, 0.5) is 0 Å². The topological polar surface area (TPSA) is 60.2 Å². The summed E-state index contributed by atoms with van der Waals surface area (Å²) in [5.41, 5.74) is 0. The van der Waals surface area contributed by atoms with Gasteiger partial charge < -0.3 is 14.6 Å².